The molecular formula is C7H15NO2. The van der Waals surface area contributed by atoms with Crippen LogP contribution in [0.1, 0.15) is 20.3 Å². The van der Waals surface area contributed by atoms with Crippen LogP contribution in [0.25, 0.3) is 0 Å². The maximum absolute atomic E-state index is 10.9. The van der Waals surface area contributed by atoms with E-state index in [1.165, 1.54) is 6.92 Å². The van der Waals surface area contributed by atoms with Crippen molar-refractivity contribution in [2.24, 2.45) is 0 Å². The lowest BCUT2D eigenvalue weighted by molar-refractivity contribution is -0.123. The summed E-state index contributed by atoms with van der Waals surface area (Å²) in [5, 5.41) is 11.5. The van der Waals surface area contributed by atoms with E-state index in [1.807, 2.05) is 0 Å². The Balaban J connectivity index is 4.08. The molecule has 0 aliphatic rings. The zero-order chi connectivity index (χ0) is 8.20. The zero-order valence-electron chi connectivity index (χ0n) is 6.77. The van der Waals surface area contributed by atoms with Gasteiger partial charge in [-0.15, -0.1) is 0 Å². The molecule has 3 heteroatoms. The van der Waals surface area contributed by atoms with E-state index < -0.39 is 5.54 Å². The molecule has 3 nitrogen and oxygen atoms in total. The van der Waals surface area contributed by atoms with Gasteiger partial charge in [0.2, 0.25) is 0 Å². The monoisotopic (exact) mass is 145 g/mol. The largest absolute Gasteiger partial charge is 0.396 e. The van der Waals surface area contributed by atoms with E-state index in [9.17, 15) is 4.79 Å². The van der Waals surface area contributed by atoms with Crippen molar-refractivity contribution in [3.8, 4) is 0 Å². The number of aliphatic hydroxyl groups excluding tert-OH is 1. The van der Waals surface area contributed by atoms with Crippen molar-refractivity contribution in [1.82, 2.24) is 5.32 Å². The topological polar surface area (TPSA) is 49.3 Å². The number of hydrogen-bond acceptors (Lipinski definition) is 3. The summed E-state index contributed by atoms with van der Waals surface area (Å²) in [7, 11) is 1.72. The van der Waals surface area contributed by atoms with E-state index in [0.29, 0.717) is 6.42 Å². The minimum absolute atomic E-state index is 0.0386. The van der Waals surface area contributed by atoms with Gasteiger partial charge in [-0.3, -0.25) is 4.79 Å². The summed E-state index contributed by atoms with van der Waals surface area (Å²) >= 11 is 0. The average molecular weight is 145 g/mol. The van der Waals surface area contributed by atoms with E-state index in [4.69, 9.17) is 5.11 Å². The molecule has 1 atom stereocenters. The van der Waals surface area contributed by atoms with Crippen molar-refractivity contribution in [2.45, 2.75) is 25.8 Å². The van der Waals surface area contributed by atoms with Crippen molar-refractivity contribution >= 4 is 5.78 Å². The Hall–Kier alpha value is -0.410. The highest BCUT2D eigenvalue weighted by Gasteiger charge is 2.26. The van der Waals surface area contributed by atoms with E-state index in [1.54, 1.807) is 14.0 Å². The molecule has 0 rings (SSSR count). The Labute approximate surface area is 61.4 Å². The van der Waals surface area contributed by atoms with Crippen molar-refractivity contribution in [3.63, 3.8) is 0 Å². The average Bonchev–Trinajstić information content (AvgIpc) is 1.88. The summed E-state index contributed by atoms with van der Waals surface area (Å²) in [4.78, 5) is 10.9. The molecule has 10 heavy (non-hydrogen) atoms. The first-order chi connectivity index (χ1) is 4.56. The number of likely N-dealkylation sites (N-methyl/N-ethyl adjacent to an activating group) is 1. The number of ketones is 1. The molecule has 0 radical (unpaired) electrons. The fourth-order valence-electron chi connectivity index (χ4n) is 0.701. The highest BCUT2D eigenvalue weighted by atomic mass is 16.3. The standard InChI is InChI=1S/C7H15NO2/c1-6(10)7(2,8-3)4-5-9/h8-9H,4-5H2,1-3H3. The summed E-state index contributed by atoms with van der Waals surface area (Å²) in [5.74, 6) is 0.0593. The van der Waals surface area contributed by atoms with Crippen molar-refractivity contribution in [1.29, 1.82) is 0 Å². The van der Waals surface area contributed by atoms with Crippen LogP contribution < -0.4 is 5.32 Å². The van der Waals surface area contributed by atoms with E-state index in [2.05, 4.69) is 5.32 Å². The van der Waals surface area contributed by atoms with E-state index >= 15 is 0 Å². The molecule has 0 aliphatic heterocycles. The van der Waals surface area contributed by atoms with Gasteiger partial charge in [-0.05, 0) is 27.3 Å². The molecule has 0 bridgehead atoms. The van der Waals surface area contributed by atoms with Crippen LogP contribution in [0.15, 0.2) is 0 Å². The minimum atomic E-state index is -0.547. The highest BCUT2D eigenvalue weighted by molar-refractivity contribution is 5.85. The predicted octanol–water partition coefficient (Wildman–Crippen LogP) is -0.0641. The van der Waals surface area contributed by atoms with Crippen molar-refractivity contribution in [2.75, 3.05) is 13.7 Å². The van der Waals surface area contributed by atoms with E-state index in [0.717, 1.165) is 0 Å². The van der Waals surface area contributed by atoms with Gasteiger partial charge in [-0.1, -0.05) is 0 Å². The Kier molecular flexibility index (Phi) is 3.53. The fourth-order valence-corrected chi connectivity index (χ4v) is 0.701. The van der Waals surface area contributed by atoms with Gasteiger partial charge >= 0.3 is 0 Å². The molecule has 0 amide bonds. The van der Waals surface area contributed by atoms with Gasteiger partial charge in [-0.25, -0.2) is 0 Å². The van der Waals surface area contributed by atoms with Crippen LogP contribution in [-0.2, 0) is 4.79 Å². The van der Waals surface area contributed by atoms with Gasteiger partial charge in [0.15, 0.2) is 0 Å². The molecular weight excluding hydrogens is 130 g/mol. The number of aliphatic hydroxyl groups is 1. The maximum atomic E-state index is 10.9. The summed E-state index contributed by atoms with van der Waals surface area (Å²) in [6.45, 7) is 3.34. The van der Waals surface area contributed by atoms with Gasteiger partial charge in [0.25, 0.3) is 0 Å². The van der Waals surface area contributed by atoms with E-state index in [-0.39, 0.29) is 12.4 Å². The third kappa shape index (κ3) is 2.08. The number of carbonyl (C=O) groups excluding carboxylic acids is 1. The zero-order valence-corrected chi connectivity index (χ0v) is 6.77. The molecule has 0 aromatic rings. The molecule has 60 valence electrons. The Morgan fingerprint density at radius 1 is 1.70 bits per heavy atom. The summed E-state index contributed by atoms with van der Waals surface area (Å²) in [6.07, 6.45) is 0.471. The molecule has 0 heterocycles. The van der Waals surface area contributed by atoms with Crippen LogP contribution in [0, 0.1) is 0 Å². The Morgan fingerprint density at radius 3 is 2.30 bits per heavy atom. The van der Waals surface area contributed by atoms with Gasteiger partial charge in [0.05, 0.1) is 5.54 Å². The highest BCUT2D eigenvalue weighted by Crippen LogP contribution is 2.08. The van der Waals surface area contributed by atoms with Crippen LogP contribution in [0.4, 0.5) is 0 Å². The quantitative estimate of drug-likeness (QED) is 0.582. The lowest BCUT2D eigenvalue weighted by atomic mass is 9.94. The van der Waals surface area contributed by atoms with Crippen LogP contribution in [-0.4, -0.2) is 30.1 Å². The summed E-state index contributed by atoms with van der Waals surface area (Å²) in [6, 6.07) is 0. The lowest BCUT2D eigenvalue weighted by Gasteiger charge is -2.24. The molecule has 1 unspecified atom stereocenters. The third-order valence-corrected chi connectivity index (χ3v) is 1.94. The smallest absolute Gasteiger partial charge is 0.149 e. The first-order valence-electron chi connectivity index (χ1n) is 3.37. The maximum Gasteiger partial charge on any atom is 0.149 e. The normalized spacial score (nSPS) is 16.4. The summed E-state index contributed by atoms with van der Waals surface area (Å²) < 4.78 is 0. The molecule has 0 fully saturated rings. The van der Waals surface area contributed by atoms with Gasteiger partial charge in [0, 0.05) is 6.61 Å². The van der Waals surface area contributed by atoms with Crippen LogP contribution in [0.5, 0.6) is 0 Å². The first-order valence-corrected chi connectivity index (χ1v) is 3.37. The summed E-state index contributed by atoms with van der Waals surface area (Å²) in [5.41, 5.74) is -0.547. The molecule has 0 aromatic heterocycles. The molecule has 0 aliphatic carbocycles. The minimum Gasteiger partial charge on any atom is -0.396 e. The van der Waals surface area contributed by atoms with Gasteiger partial charge < -0.3 is 10.4 Å². The number of Topliss-reactive ketones (excluding diaryl/α,β-unsaturated/α-hetero) is 1. The number of nitrogens with one attached hydrogen (secondary N) is 1. The van der Waals surface area contributed by atoms with Crippen molar-refractivity contribution < 1.29 is 9.90 Å². The SMILES string of the molecule is CNC(C)(CCO)C(C)=O. The molecule has 0 spiro atoms. The number of hydrogen-bond donors (Lipinski definition) is 2. The number of carbonyl (C=O) groups is 1. The molecule has 0 saturated carbocycles. The molecule has 0 saturated heterocycles. The van der Waals surface area contributed by atoms with Gasteiger partial charge in [0.1, 0.15) is 5.78 Å². The number of rotatable bonds is 4. The second-order valence-corrected chi connectivity index (χ2v) is 2.61. The second-order valence-electron chi connectivity index (χ2n) is 2.61. The molecule has 0 aromatic carbocycles. The van der Waals surface area contributed by atoms with Crippen LogP contribution in [0.3, 0.4) is 0 Å². The first kappa shape index (κ1) is 9.59. The Bertz CT molecular complexity index is 125. The fraction of sp³-hybridized carbons (Fsp3) is 0.857. The van der Waals surface area contributed by atoms with Crippen LogP contribution >= 0.6 is 0 Å². The van der Waals surface area contributed by atoms with Crippen molar-refractivity contribution in [3.05, 3.63) is 0 Å². The van der Waals surface area contributed by atoms with Gasteiger partial charge in [-0.2, -0.15) is 0 Å². The second kappa shape index (κ2) is 3.68. The lowest BCUT2D eigenvalue weighted by Crippen LogP contribution is -2.46. The van der Waals surface area contributed by atoms with Crippen LogP contribution in [0.2, 0.25) is 0 Å². The predicted molar refractivity (Wildman–Crippen MR) is 39.8 cm³/mol. The third-order valence-electron chi connectivity index (χ3n) is 1.94. The molecule has 2 N–H and O–H groups in total. The Morgan fingerprint density at radius 2 is 2.20 bits per heavy atom.